The van der Waals surface area contributed by atoms with Gasteiger partial charge in [-0.3, -0.25) is 10.2 Å². The first-order valence-corrected chi connectivity index (χ1v) is 8.10. The summed E-state index contributed by atoms with van der Waals surface area (Å²) in [6, 6.07) is 14.5. The third kappa shape index (κ3) is 6.18. The van der Waals surface area contributed by atoms with E-state index in [1.54, 1.807) is 25.3 Å². The van der Waals surface area contributed by atoms with Crippen molar-refractivity contribution in [3.05, 3.63) is 54.1 Å². The predicted molar refractivity (Wildman–Crippen MR) is 97.5 cm³/mol. The van der Waals surface area contributed by atoms with Crippen LogP contribution < -0.4 is 14.8 Å². The number of nitrogens with zero attached hydrogens (tertiary/aromatic N) is 1. The Balaban J connectivity index is 1.90. The van der Waals surface area contributed by atoms with E-state index >= 15 is 0 Å². The fourth-order valence-electron chi connectivity index (χ4n) is 2.01. The quantitative estimate of drug-likeness (QED) is 0.333. The van der Waals surface area contributed by atoms with Gasteiger partial charge in [0.2, 0.25) is 0 Å². The molecule has 0 atom stereocenters. The summed E-state index contributed by atoms with van der Waals surface area (Å²) in [5.74, 6) is 1.18. The van der Waals surface area contributed by atoms with Crippen LogP contribution in [0.4, 0.5) is 10.5 Å². The van der Waals surface area contributed by atoms with E-state index in [0.29, 0.717) is 23.8 Å². The molecule has 6 heteroatoms. The van der Waals surface area contributed by atoms with Crippen molar-refractivity contribution in [3.63, 3.8) is 0 Å². The molecule has 0 fully saturated rings. The van der Waals surface area contributed by atoms with Crippen molar-refractivity contribution in [2.24, 2.45) is 5.16 Å². The number of carbonyl (C=O) groups is 1. The third-order valence-corrected chi connectivity index (χ3v) is 3.30. The van der Waals surface area contributed by atoms with E-state index in [4.69, 9.17) is 14.3 Å². The lowest BCUT2D eigenvalue weighted by atomic mass is 10.2. The molecule has 2 aromatic rings. The molecular weight excluding hydrogens is 320 g/mol. The van der Waals surface area contributed by atoms with Gasteiger partial charge >= 0.3 is 6.09 Å². The van der Waals surface area contributed by atoms with Crippen molar-refractivity contribution in [1.29, 1.82) is 0 Å². The average molecular weight is 342 g/mol. The molecule has 0 heterocycles. The van der Waals surface area contributed by atoms with E-state index in [2.05, 4.69) is 17.4 Å². The number of rotatable bonds is 8. The zero-order valence-corrected chi connectivity index (χ0v) is 14.4. The van der Waals surface area contributed by atoms with Crippen LogP contribution >= 0.6 is 0 Å². The molecule has 0 saturated heterocycles. The lowest BCUT2D eigenvalue weighted by molar-refractivity contribution is 0.167. The molecule has 0 aliphatic heterocycles. The monoisotopic (exact) mass is 342 g/mol. The van der Waals surface area contributed by atoms with Gasteiger partial charge in [0.1, 0.15) is 0 Å². The summed E-state index contributed by atoms with van der Waals surface area (Å²) in [7, 11) is 1.55. The highest BCUT2D eigenvalue weighted by atomic mass is 16.7. The summed E-state index contributed by atoms with van der Waals surface area (Å²) in [4.78, 5) is 16.6. The van der Waals surface area contributed by atoms with Gasteiger partial charge in [-0.05, 0) is 24.1 Å². The molecular formula is C19H22N2O4. The molecule has 0 saturated carbocycles. The highest BCUT2D eigenvalue weighted by Gasteiger charge is 2.08. The van der Waals surface area contributed by atoms with Crippen LogP contribution in [0.15, 0.2) is 53.7 Å². The van der Waals surface area contributed by atoms with E-state index in [9.17, 15) is 4.79 Å². The third-order valence-electron chi connectivity index (χ3n) is 3.30. The van der Waals surface area contributed by atoms with Gasteiger partial charge in [-0.2, -0.15) is 0 Å². The fraction of sp³-hybridized carbons (Fsp3) is 0.263. The number of methoxy groups -OCH3 is 1. The second-order valence-corrected chi connectivity index (χ2v) is 5.22. The number of hydrogen-bond acceptors (Lipinski definition) is 5. The van der Waals surface area contributed by atoms with Crippen molar-refractivity contribution in [2.75, 3.05) is 19.0 Å². The molecule has 2 aromatic carbocycles. The Morgan fingerprint density at radius 2 is 1.96 bits per heavy atom. The Labute approximate surface area is 147 Å². The molecule has 1 amide bonds. The number of oxime groups is 1. The molecule has 0 spiro atoms. The largest absolute Gasteiger partial charge is 0.493 e. The Kier molecular flexibility index (Phi) is 7.31. The highest BCUT2D eigenvalue weighted by molar-refractivity contribution is 5.86. The van der Waals surface area contributed by atoms with Gasteiger partial charge in [-0.25, -0.2) is 4.79 Å². The second kappa shape index (κ2) is 9.97. The van der Waals surface area contributed by atoms with Gasteiger partial charge in [0.15, 0.2) is 11.5 Å². The van der Waals surface area contributed by atoms with Gasteiger partial charge in [-0.1, -0.05) is 48.8 Å². The van der Waals surface area contributed by atoms with Crippen LogP contribution in [0.25, 0.3) is 0 Å². The molecule has 2 rings (SSSR count). The average Bonchev–Trinajstić information content (AvgIpc) is 2.63. The molecule has 6 nitrogen and oxygen atoms in total. The van der Waals surface area contributed by atoms with Crippen molar-refractivity contribution in [1.82, 2.24) is 0 Å². The van der Waals surface area contributed by atoms with Crippen LogP contribution in [0.5, 0.6) is 11.5 Å². The minimum absolute atomic E-state index is 0.527. The summed E-state index contributed by atoms with van der Waals surface area (Å²) in [6.45, 7) is 2.72. The second-order valence-electron chi connectivity index (χ2n) is 5.22. The molecule has 0 aliphatic rings. The van der Waals surface area contributed by atoms with E-state index < -0.39 is 6.09 Å². The minimum Gasteiger partial charge on any atom is -0.493 e. The molecule has 0 unspecified atom stereocenters. The Hall–Kier alpha value is -3.02. The van der Waals surface area contributed by atoms with Crippen LogP contribution in [-0.4, -0.2) is 26.0 Å². The SMILES string of the molecule is CCCCOc1ccc(NC(=O)O/N=C/c2ccccc2)cc1OC. The van der Waals surface area contributed by atoms with Crippen LogP contribution in [-0.2, 0) is 4.84 Å². The number of benzene rings is 2. The number of amides is 1. The van der Waals surface area contributed by atoms with Gasteiger partial charge in [0.25, 0.3) is 0 Å². The maximum atomic E-state index is 11.8. The first-order chi connectivity index (χ1) is 12.2. The van der Waals surface area contributed by atoms with Gasteiger partial charge in [-0.15, -0.1) is 0 Å². The van der Waals surface area contributed by atoms with Crippen molar-refractivity contribution >= 4 is 18.0 Å². The van der Waals surface area contributed by atoms with Gasteiger partial charge in [0, 0.05) is 11.8 Å². The van der Waals surface area contributed by atoms with E-state index in [0.717, 1.165) is 18.4 Å². The number of carbonyl (C=O) groups excluding carboxylic acids is 1. The number of ether oxygens (including phenoxy) is 2. The highest BCUT2D eigenvalue weighted by Crippen LogP contribution is 2.30. The van der Waals surface area contributed by atoms with Gasteiger partial charge in [0.05, 0.1) is 19.9 Å². The predicted octanol–water partition coefficient (Wildman–Crippen LogP) is 4.46. The van der Waals surface area contributed by atoms with Crippen LogP contribution in [0, 0.1) is 0 Å². The minimum atomic E-state index is -0.686. The lowest BCUT2D eigenvalue weighted by Crippen LogP contribution is -2.11. The number of unbranched alkanes of at least 4 members (excludes halogenated alkanes) is 1. The van der Waals surface area contributed by atoms with Crippen molar-refractivity contribution in [2.45, 2.75) is 19.8 Å². The molecule has 0 aliphatic carbocycles. The summed E-state index contributed by atoms with van der Waals surface area (Å²) in [5.41, 5.74) is 1.37. The Morgan fingerprint density at radius 3 is 2.68 bits per heavy atom. The molecule has 132 valence electrons. The summed E-state index contributed by atoms with van der Waals surface area (Å²) in [5, 5.41) is 6.24. The van der Waals surface area contributed by atoms with E-state index in [-0.39, 0.29) is 0 Å². The lowest BCUT2D eigenvalue weighted by Gasteiger charge is -2.12. The number of nitrogens with one attached hydrogen (secondary N) is 1. The Bertz CT molecular complexity index is 702. The zero-order valence-electron chi connectivity index (χ0n) is 14.4. The van der Waals surface area contributed by atoms with Gasteiger partial charge < -0.3 is 9.47 Å². The van der Waals surface area contributed by atoms with Crippen molar-refractivity contribution in [3.8, 4) is 11.5 Å². The fourth-order valence-corrected chi connectivity index (χ4v) is 2.01. The van der Waals surface area contributed by atoms with Crippen molar-refractivity contribution < 1.29 is 19.1 Å². The number of anilines is 1. The first kappa shape index (κ1) is 18.3. The normalized spacial score (nSPS) is 10.5. The maximum Gasteiger partial charge on any atom is 0.437 e. The van der Waals surface area contributed by atoms with Crippen LogP contribution in [0.1, 0.15) is 25.3 Å². The standard InChI is InChI=1S/C19H22N2O4/c1-3-4-12-24-17-11-10-16(13-18(17)23-2)21-19(22)25-20-14-15-8-6-5-7-9-15/h5-11,13-14H,3-4,12H2,1-2H3,(H,21,22)/b20-14+. The molecule has 0 bridgehead atoms. The topological polar surface area (TPSA) is 69.2 Å². The summed E-state index contributed by atoms with van der Waals surface area (Å²) < 4.78 is 10.9. The molecule has 0 aromatic heterocycles. The van der Waals surface area contributed by atoms with Crippen LogP contribution in [0.2, 0.25) is 0 Å². The molecule has 1 N–H and O–H groups in total. The Morgan fingerprint density at radius 1 is 1.16 bits per heavy atom. The molecule has 0 radical (unpaired) electrons. The maximum absolute atomic E-state index is 11.8. The van der Waals surface area contributed by atoms with E-state index in [1.807, 2.05) is 30.3 Å². The van der Waals surface area contributed by atoms with E-state index in [1.165, 1.54) is 6.21 Å². The smallest absolute Gasteiger partial charge is 0.437 e. The summed E-state index contributed by atoms with van der Waals surface area (Å²) in [6.07, 6.45) is 2.80. The zero-order chi connectivity index (χ0) is 17.9. The molecule has 25 heavy (non-hydrogen) atoms. The van der Waals surface area contributed by atoms with Crippen LogP contribution in [0.3, 0.4) is 0 Å². The number of hydrogen-bond donors (Lipinski definition) is 1. The summed E-state index contributed by atoms with van der Waals surface area (Å²) >= 11 is 0. The first-order valence-electron chi connectivity index (χ1n) is 8.10.